The highest BCUT2D eigenvalue weighted by atomic mass is 32.1. The van der Waals surface area contributed by atoms with Gasteiger partial charge in [-0.05, 0) is 36.8 Å². The third-order valence-corrected chi connectivity index (χ3v) is 7.02. The predicted octanol–water partition coefficient (Wildman–Crippen LogP) is 6.88. The monoisotopic (exact) mass is 507 g/mol. The lowest BCUT2D eigenvalue weighted by Gasteiger charge is -2.07. The second kappa shape index (κ2) is 10.6. The standard InChI is InChI=1S/C30H25N3O3S/c1-20-29(26(34)16-14-21-15-17-27(35-2)28(18-21)36-3)37-30(31-20)33-25(23-12-8-5-9-13-23)19-24(32-33)22-10-6-4-7-11-22/h4-19H,1-3H3/b16-14+. The number of methoxy groups -OCH3 is 2. The minimum Gasteiger partial charge on any atom is -0.493 e. The van der Waals surface area contributed by atoms with Gasteiger partial charge < -0.3 is 9.47 Å². The summed E-state index contributed by atoms with van der Waals surface area (Å²) in [7, 11) is 3.17. The largest absolute Gasteiger partial charge is 0.493 e. The van der Waals surface area contributed by atoms with E-state index in [1.165, 1.54) is 11.3 Å². The number of aryl methyl sites for hydroxylation is 1. The molecule has 0 saturated heterocycles. The lowest BCUT2D eigenvalue weighted by Crippen LogP contribution is -1.98. The fourth-order valence-corrected chi connectivity index (χ4v) is 4.95. The van der Waals surface area contributed by atoms with Crippen molar-refractivity contribution in [2.24, 2.45) is 0 Å². The van der Waals surface area contributed by atoms with Crippen LogP contribution in [0.25, 0.3) is 33.7 Å². The molecule has 0 spiro atoms. The number of ketones is 1. The molecule has 3 aromatic carbocycles. The molecule has 0 aliphatic heterocycles. The molecule has 6 nitrogen and oxygen atoms in total. The molecule has 2 heterocycles. The predicted molar refractivity (Wildman–Crippen MR) is 148 cm³/mol. The zero-order valence-corrected chi connectivity index (χ0v) is 21.5. The van der Waals surface area contributed by atoms with E-state index in [0.717, 1.165) is 28.1 Å². The first-order chi connectivity index (χ1) is 18.1. The quantitative estimate of drug-likeness (QED) is 0.169. The molecule has 5 rings (SSSR count). The van der Waals surface area contributed by atoms with Crippen LogP contribution in [0.1, 0.15) is 20.9 Å². The second-order valence-corrected chi connectivity index (χ2v) is 9.26. The number of nitrogens with zero attached hydrogens (tertiary/aromatic N) is 3. The van der Waals surface area contributed by atoms with Gasteiger partial charge in [-0.25, -0.2) is 9.67 Å². The molecular formula is C30H25N3O3S. The summed E-state index contributed by atoms with van der Waals surface area (Å²) in [6.07, 6.45) is 3.32. The van der Waals surface area contributed by atoms with Crippen LogP contribution in [0.5, 0.6) is 11.5 Å². The van der Waals surface area contributed by atoms with Gasteiger partial charge in [0.15, 0.2) is 17.3 Å². The Hall–Kier alpha value is -4.49. The summed E-state index contributed by atoms with van der Waals surface area (Å²) in [4.78, 5) is 18.4. The van der Waals surface area contributed by atoms with Crippen LogP contribution in [0.3, 0.4) is 0 Å². The van der Waals surface area contributed by atoms with Gasteiger partial charge in [-0.2, -0.15) is 5.10 Å². The Morgan fingerprint density at radius 1 is 0.865 bits per heavy atom. The molecule has 0 aliphatic carbocycles. The molecule has 7 heteroatoms. The van der Waals surface area contributed by atoms with Crippen LogP contribution < -0.4 is 9.47 Å². The second-order valence-electron chi connectivity index (χ2n) is 8.28. The molecule has 0 atom stereocenters. The van der Waals surface area contributed by atoms with Crippen LogP contribution in [0.4, 0.5) is 0 Å². The average Bonchev–Trinajstić information content (AvgIpc) is 3.56. The minimum atomic E-state index is -0.118. The van der Waals surface area contributed by atoms with E-state index in [1.807, 2.05) is 90.5 Å². The van der Waals surface area contributed by atoms with Crippen LogP contribution in [0, 0.1) is 6.92 Å². The van der Waals surface area contributed by atoms with Crippen LogP contribution >= 0.6 is 11.3 Å². The number of hydrogen-bond acceptors (Lipinski definition) is 6. The number of hydrogen-bond donors (Lipinski definition) is 0. The lowest BCUT2D eigenvalue weighted by molar-refractivity contribution is 0.105. The molecule has 0 amide bonds. The highest BCUT2D eigenvalue weighted by molar-refractivity contribution is 7.16. The van der Waals surface area contributed by atoms with Crippen molar-refractivity contribution in [2.45, 2.75) is 6.92 Å². The van der Waals surface area contributed by atoms with Crippen LogP contribution in [0.15, 0.2) is 91.0 Å². The lowest BCUT2D eigenvalue weighted by atomic mass is 10.1. The molecule has 0 bridgehead atoms. The van der Waals surface area contributed by atoms with Gasteiger partial charge in [0.25, 0.3) is 0 Å². The van der Waals surface area contributed by atoms with Gasteiger partial charge in [-0.15, -0.1) is 0 Å². The van der Waals surface area contributed by atoms with E-state index in [0.29, 0.717) is 27.2 Å². The summed E-state index contributed by atoms with van der Waals surface area (Å²) < 4.78 is 12.5. The van der Waals surface area contributed by atoms with E-state index in [2.05, 4.69) is 6.07 Å². The van der Waals surface area contributed by atoms with Crippen molar-refractivity contribution in [3.05, 3.63) is 107 Å². The van der Waals surface area contributed by atoms with Crippen LogP contribution in [0.2, 0.25) is 0 Å². The highest BCUT2D eigenvalue weighted by Gasteiger charge is 2.19. The van der Waals surface area contributed by atoms with E-state index in [1.54, 1.807) is 26.4 Å². The van der Waals surface area contributed by atoms with Gasteiger partial charge in [-0.1, -0.05) is 84.1 Å². The Morgan fingerprint density at radius 3 is 2.22 bits per heavy atom. The molecule has 0 saturated carbocycles. The van der Waals surface area contributed by atoms with Gasteiger partial charge in [0.2, 0.25) is 5.13 Å². The van der Waals surface area contributed by atoms with E-state index in [4.69, 9.17) is 19.6 Å². The molecule has 0 fully saturated rings. The van der Waals surface area contributed by atoms with Gasteiger partial charge in [0.05, 0.1) is 36.2 Å². The maximum atomic E-state index is 13.1. The smallest absolute Gasteiger partial charge is 0.211 e. The SMILES string of the molecule is COc1ccc(/C=C/C(=O)c2sc(-n3nc(-c4ccccc4)cc3-c3ccccc3)nc2C)cc1OC. The van der Waals surface area contributed by atoms with Crippen molar-refractivity contribution in [1.29, 1.82) is 0 Å². The first-order valence-corrected chi connectivity index (χ1v) is 12.5. The average molecular weight is 508 g/mol. The number of carbonyl (C=O) groups excluding carboxylic acids is 1. The molecule has 0 unspecified atom stereocenters. The number of ether oxygens (including phenoxy) is 2. The van der Waals surface area contributed by atoms with E-state index >= 15 is 0 Å². The Bertz CT molecular complexity index is 1570. The summed E-state index contributed by atoms with van der Waals surface area (Å²) >= 11 is 1.33. The third kappa shape index (κ3) is 5.08. The number of aromatic nitrogens is 3. The number of allylic oxidation sites excluding steroid dienone is 1. The van der Waals surface area contributed by atoms with Crippen molar-refractivity contribution in [2.75, 3.05) is 14.2 Å². The third-order valence-electron chi connectivity index (χ3n) is 5.87. The van der Waals surface area contributed by atoms with Crippen molar-refractivity contribution >= 4 is 23.2 Å². The maximum Gasteiger partial charge on any atom is 0.211 e. The minimum absolute atomic E-state index is 0.118. The fourth-order valence-electron chi connectivity index (χ4n) is 4.00. The molecule has 5 aromatic rings. The van der Waals surface area contributed by atoms with Crippen molar-refractivity contribution < 1.29 is 14.3 Å². The van der Waals surface area contributed by atoms with Crippen molar-refractivity contribution in [3.8, 4) is 39.1 Å². The Kier molecular flexibility index (Phi) is 6.96. The molecule has 2 aromatic heterocycles. The van der Waals surface area contributed by atoms with E-state index in [9.17, 15) is 4.79 Å². The number of carbonyl (C=O) groups is 1. The fraction of sp³-hybridized carbons (Fsp3) is 0.100. The number of rotatable bonds is 8. The van der Waals surface area contributed by atoms with Crippen LogP contribution in [-0.2, 0) is 0 Å². The Morgan fingerprint density at radius 2 is 1.54 bits per heavy atom. The van der Waals surface area contributed by atoms with Gasteiger partial charge >= 0.3 is 0 Å². The van der Waals surface area contributed by atoms with Gasteiger partial charge in [-0.3, -0.25) is 4.79 Å². The van der Waals surface area contributed by atoms with Crippen molar-refractivity contribution in [1.82, 2.24) is 14.8 Å². The first-order valence-electron chi connectivity index (χ1n) is 11.7. The summed E-state index contributed by atoms with van der Waals surface area (Å²) in [5.41, 5.74) is 5.28. The Labute approximate surface area is 219 Å². The summed E-state index contributed by atoms with van der Waals surface area (Å²) in [5.74, 6) is 1.12. The maximum absolute atomic E-state index is 13.1. The Balaban J connectivity index is 1.49. The van der Waals surface area contributed by atoms with Gasteiger partial charge in [0.1, 0.15) is 0 Å². The molecule has 184 valence electrons. The zero-order chi connectivity index (χ0) is 25.8. The topological polar surface area (TPSA) is 66.2 Å². The van der Waals surface area contributed by atoms with E-state index < -0.39 is 0 Å². The number of benzene rings is 3. The molecule has 0 aliphatic rings. The molecule has 0 N–H and O–H groups in total. The summed E-state index contributed by atoms with van der Waals surface area (Å²) in [6, 6.07) is 27.7. The molecule has 37 heavy (non-hydrogen) atoms. The van der Waals surface area contributed by atoms with Gasteiger partial charge in [0, 0.05) is 11.1 Å². The van der Waals surface area contributed by atoms with Crippen LogP contribution in [-0.4, -0.2) is 34.8 Å². The normalized spacial score (nSPS) is 11.1. The number of thiazole rings is 1. The van der Waals surface area contributed by atoms with E-state index in [-0.39, 0.29) is 5.78 Å². The van der Waals surface area contributed by atoms with Crippen molar-refractivity contribution in [3.63, 3.8) is 0 Å². The summed E-state index contributed by atoms with van der Waals surface area (Å²) in [5, 5.41) is 5.52. The molecular weight excluding hydrogens is 482 g/mol. The molecule has 0 radical (unpaired) electrons. The summed E-state index contributed by atoms with van der Waals surface area (Å²) in [6.45, 7) is 1.85. The highest BCUT2D eigenvalue weighted by Crippen LogP contribution is 2.32. The first kappa shape index (κ1) is 24.2. The zero-order valence-electron chi connectivity index (χ0n) is 20.7.